The van der Waals surface area contributed by atoms with Gasteiger partial charge < -0.3 is 20.7 Å². The summed E-state index contributed by atoms with van der Waals surface area (Å²) in [4.78, 5) is 2.28. The van der Waals surface area contributed by atoms with Gasteiger partial charge in [0.2, 0.25) is 0 Å². The molecule has 0 aromatic heterocycles. The van der Waals surface area contributed by atoms with E-state index >= 15 is 0 Å². The lowest BCUT2D eigenvalue weighted by Crippen LogP contribution is -2.37. The number of hydrogen-bond donors (Lipinski definition) is 3. The van der Waals surface area contributed by atoms with E-state index < -0.39 is 6.10 Å². The number of nitrogens with two attached hydrogens (primary N) is 1. The Hall–Kier alpha value is -1.21. The van der Waals surface area contributed by atoms with Crippen LogP contribution in [-0.4, -0.2) is 59.1 Å². The van der Waals surface area contributed by atoms with Gasteiger partial charge in [0.25, 0.3) is 0 Å². The topological polar surface area (TPSA) is 79.0 Å². The smallest absolute Gasteiger partial charge is 0.129 e. The Balaban J connectivity index is 2.52. The van der Waals surface area contributed by atoms with Gasteiger partial charge in [-0.15, -0.1) is 0 Å². The van der Waals surface area contributed by atoms with Gasteiger partial charge in [-0.2, -0.15) is 0 Å². The van der Waals surface area contributed by atoms with Crippen LogP contribution in [0.15, 0.2) is 24.3 Å². The molecule has 1 aromatic carbocycles. The van der Waals surface area contributed by atoms with Crippen LogP contribution in [-0.2, 0) is 0 Å². The second-order valence-corrected chi connectivity index (χ2v) is 5.29. The van der Waals surface area contributed by atoms with Crippen LogP contribution in [0, 0.1) is 0 Å². The van der Waals surface area contributed by atoms with Crippen molar-refractivity contribution in [3.63, 3.8) is 0 Å². The van der Waals surface area contributed by atoms with E-state index in [1.165, 1.54) is 0 Å². The normalized spacial score (nSPS) is 12.4. The Bertz CT molecular complexity index is 437. The van der Waals surface area contributed by atoms with E-state index in [1.807, 2.05) is 17.0 Å². The van der Waals surface area contributed by atoms with Gasteiger partial charge >= 0.3 is 0 Å². The lowest BCUT2D eigenvalue weighted by Gasteiger charge is -2.24. The van der Waals surface area contributed by atoms with Crippen LogP contribution >= 0.6 is 12.2 Å². The average molecular weight is 312 g/mol. The molecule has 0 radical (unpaired) electrons. The minimum atomic E-state index is -0.637. The highest BCUT2D eigenvalue weighted by molar-refractivity contribution is 7.80. The second-order valence-electron chi connectivity index (χ2n) is 4.85. The molecule has 1 atom stereocenters. The summed E-state index contributed by atoms with van der Waals surface area (Å²) in [5.41, 5.74) is 6.30. The van der Waals surface area contributed by atoms with Gasteiger partial charge in [0, 0.05) is 13.1 Å². The molecule has 0 saturated carbocycles. The van der Waals surface area contributed by atoms with Crippen molar-refractivity contribution in [3.05, 3.63) is 29.8 Å². The summed E-state index contributed by atoms with van der Waals surface area (Å²) in [5, 5.41) is 19.1. The first-order valence-corrected chi connectivity index (χ1v) is 7.52. The average Bonchev–Trinajstić information content (AvgIpc) is 2.46. The first kappa shape index (κ1) is 17.8. The predicted molar refractivity (Wildman–Crippen MR) is 87.6 cm³/mol. The quantitative estimate of drug-likeness (QED) is 0.554. The third kappa shape index (κ3) is 6.39. The van der Waals surface area contributed by atoms with E-state index in [9.17, 15) is 5.11 Å². The van der Waals surface area contributed by atoms with Crippen molar-refractivity contribution < 1.29 is 14.9 Å². The van der Waals surface area contributed by atoms with E-state index in [-0.39, 0.29) is 18.2 Å². The number of nitrogens with zero attached hydrogens (tertiary/aromatic N) is 1. The number of hydrogen-bond acceptors (Lipinski definition) is 5. The number of rotatable bonds is 10. The number of para-hydroxylation sites is 1. The van der Waals surface area contributed by atoms with E-state index in [2.05, 4.69) is 6.92 Å². The molecule has 1 unspecified atom stereocenters. The molecule has 6 heteroatoms. The number of thiocarbonyl (C=S) groups is 1. The first-order valence-electron chi connectivity index (χ1n) is 7.11. The molecule has 0 aliphatic heterocycles. The Morgan fingerprint density at radius 3 is 2.71 bits per heavy atom. The summed E-state index contributed by atoms with van der Waals surface area (Å²) >= 11 is 4.97. The summed E-state index contributed by atoms with van der Waals surface area (Å²) in [5.74, 6) is 0.577. The van der Waals surface area contributed by atoms with Crippen molar-refractivity contribution in [1.82, 2.24) is 4.90 Å². The number of aliphatic hydroxyl groups excluding tert-OH is 2. The van der Waals surface area contributed by atoms with E-state index in [0.29, 0.717) is 24.4 Å². The van der Waals surface area contributed by atoms with Crippen LogP contribution in [0.5, 0.6) is 5.75 Å². The maximum absolute atomic E-state index is 10.1. The lowest BCUT2D eigenvalue weighted by atomic mass is 10.2. The molecule has 1 rings (SSSR count). The molecule has 0 aliphatic carbocycles. The summed E-state index contributed by atoms with van der Waals surface area (Å²) in [6, 6.07) is 7.23. The van der Waals surface area contributed by atoms with Gasteiger partial charge in [-0.05, 0) is 25.1 Å². The van der Waals surface area contributed by atoms with Gasteiger partial charge in [-0.25, -0.2) is 0 Å². The Morgan fingerprint density at radius 1 is 1.38 bits per heavy atom. The predicted octanol–water partition coefficient (Wildman–Crippen LogP) is 0.765. The van der Waals surface area contributed by atoms with Gasteiger partial charge in [-0.1, -0.05) is 31.3 Å². The summed E-state index contributed by atoms with van der Waals surface area (Å²) in [6.45, 7) is 4.15. The van der Waals surface area contributed by atoms with Crippen molar-refractivity contribution in [3.8, 4) is 5.75 Å². The van der Waals surface area contributed by atoms with Crippen LogP contribution in [0.4, 0.5) is 0 Å². The highest BCUT2D eigenvalue weighted by Crippen LogP contribution is 2.17. The number of benzene rings is 1. The molecular weight excluding hydrogens is 288 g/mol. The SMILES string of the molecule is CCCN(CCO)CC(O)COc1ccccc1C(N)=S. The summed E-state index contributed by atoms with van der Waals surface area (Å²) < 4.78 is 5.61. The fraction of sp³-hybridized carbons (Fsp3) is 0.533. The Kier molecular flexibility index (Phi) is 8.22. The molecule has 118 valence electrons. The zero-order valence-electron chi connectivity index (χ0n) is 12.4. The van der Waals surface area contributed by atoms with Gasteiger partial charge in [0.15, 0.2) is 0 Å². The third-order valence-corrected chi connectivity index (χ3v) is 3.23. The van der Waals surface area contributed by atoms with E-state index in [0.717, 1.165) is 13.0 Å². The molecule has 0 heterocycles. The standard InChI is InChI=1S/C15H24N2O3S/c1-2-7-17(8-9-18)10-12(19)11-20-14-6-4-3-5-13(14)15(16)21/h3-6,12,18-19H,2,7-11H2,1H3,(H2,16,21). The van der Waals surface area contributed by atoms with Crippen LogP contribution in [0.1, 0.15) is 18.9 Å². The molecule has 1 aromatic rings. The van der Waals surface area contributed by atoms with Crippen molar-refractivity contribution in [2.24, 2.45) is 5.73 Å². The van der Waals surface area contributed by atoms with Crippen molar-refractivity contribution >= 4 is 17.2 Å². The summed E-state index contributed by atoms with van der Waals surface area (Å²) in [6.07, 6.45) is 0.334. The monoisotopic (exact) mass is 312 g/mol. The van der Waals surface area contributed by atoms with Gasteiger partial charge in [-0.3, -0.25) is 4.90 Å². The highest BCUT2D eigenvalue weighted by atomic mass is 32.1. The third-order valence-electron chi connectivity index (χ3n) is 3.01. The molecule has 0 fully saturated rings. The van der Waals surface area contributed by atoms with Gasteiger partial charge in [0.05, 0.1) is 12.2 Å². The minimum Gasteiger partial charge on any atom is -0.490 e. The Labute approximate surface area is 131 Å². The fourth-order valence-corrected chi connectivity index (χ4v) is 2.25. The van der Waals surface area contributed by atoms with Crippen molar-refractivity contribution in [2.45, 2.75) is 19.4 Å². The first-order chi connectivity index (χ1) is 10.1. The number of ether oxygens (including phenoxy) is 1. The van der Waals surface area contributed by atoms with Crippen LogP contribution < -0.4 is 10.5 Å². The van der Waals surface area contributed by atoms with Crippen LogP contribution in [0.2, 0.25) is 0 Å². The number of aliphatic hydroxyl groups is 2. The van der Waals surface area contributed by atoms with Crippen LogP contribution in [0.3, 0.4) is 0 Å². The molecule has 0 spiro atoms. The molecule has 21 heavy (non-hydrogen) atoms. The molecule has 5 nitrogen and oxygen atoms in total. The maximum atomic E-state index is 10.1. The Morgan fingerprint density at radius 2 is 2.10 bits per heavy atom. The van der Waals surface area contributed by atoms with Crippen molar-refractivity contribution in [2.75, 3.05) is 32.8 Å². The molecular formula is C15H24N2O3S. The largest absolute Gasteiger partial charge is 0.490 e. The second kappa shape index (κ2) is 9.68. The lowest BCUT2D eigenvalue weighted by molar-refractivity contribution is 0.0618. The maximum Gasteiger partial charge on any atom is 0.129 e. The summed E-state index contributed by atoms with van der Waals surface area (Å²) in [7, 11) is 0. The van der Waals surface area contributed by atoms with Crippen LogP contribution in [0.25, 0.3) is 0 Å². The molecule has 0 amide bonds. The molecule has 0 bridgehead atoms. The minimum absolute atomic E-state index is 0.0812. The van der Waals surface area contributed by atoms with E-state index in [4.69, 9.17) is 27.8 Å². The zero-order valence-corrected chi connectivity index (χ0v) is 13.2. The van der Waals surface area contributed by atoms with Gasteiger partial charge in [0.1, 0.15) is 23.4 Å². The zero-order chi connectivity index (χ0) is 15.7. The fourth-order valence-electron chi connectivity index (χ4n) is 2.08. The molecule has 4 N–H and O–H groups in total. The van der Waals surface area contributed by atoms with Crippen molar-refractivity contribution in [1.29, 1.82) is 0 Å². The highest BCUT2D eigenvalue weighted by Gasteiger charge is 2.13. The molecule has 0 saturated heterocycles. The molecule has 0 aliphatic rings. The van der Waals surface area contributed by atoms with E-state index in [1.54, 1.807) is 12.1 Å².